The summed E-state index contributed by atoms with van der Waals surface area (Å²) in [5.41, 5.74) is 1.62. The number of para-hydroxylation sites is 1. The van der Waals surface area contributed by atoms with Gasteiger partial charge in [0.15, 0.2) is 23.1 Å². The fourth-order valence-electron chi connectivity index (χ4n) is 2.50. The number of rotatable bonds is 6. The molecule has 3 rings (SSSR count). The highest BCUT2D eigenvalue weighted by atomic mass is 19.2. The number of hydrogen-bond donors (Lipinski definition) is 1. The minimum Gasteiger partial charge on any atom is -0.493 e. The molecular weight excluding hydrogens is 338 g/mol. The molecule has 0 spiro atoms. The highest BCUT2D eigenvalue weighted by Gasteiger charge is 2.11. The summed E-state index contributed by atoms with van der Waals surface area (Å²) in [5, 5.41) is 0. The van der Waals surface area contributed by atoms with E-state index in [4.69, 9.17) is 9.47 Å². The molecule has 26 heavy (non-hydrogen) atoms. The van der Waals surface area contributed by atoms with E-state index in [0.29, 0.717) is 40.9 Å². The standard InChI is InChI=1S/C20H20F2N2O2/c1-12(2)11-26-20-13(5-4-6-18(20)25-3)7-8-19-23-16-9-14(21)15(22)10-17(16)24-19/h4-10,12H,11H2,1-3H3,(H,23,24)/b8-7+. The van der Waals surface area contributed by atoms with Crippen LogP contribution in [0.25, 0.3) is 23.2 Å². The number of aromatic nitrogens is 2. The molecule has 0 saturated heterocycles. The number of aromatic amines is 1. The lowest BCUT2D eigenvalue weighted by atomic mass is 10.1. The average molecular weight is 358 g/mol. The van der Waals surface area contributed by atoms with Gasteiger partial charge in [0, 0.05) is 17.7 Å². The second-order valence-electron chi connectivity index (χ2n) is 6.32. The van der Waals surface area contributed by atoms with Gasteiger partial charge >= 0.3 is 0 Å². The van der Waals surface area contributed by atoms with Gasteiger partial charge in [0.1, 0.15) is 5.82 Å². The van der Waals surface area contributed by atoms with Crippen LogP contribution in [0.2, 0.25) is 0 Å². The maximum absolute atomic E-state index is 13.3. The Hall–Kier alpha value is -2.89. The third kappa shape index (κ3) is 3.85. The molecule has 0 amide bonds. The Balaban J connectivity index is 1.92. The lowest BCUT2D eigenvalue weighted by Gasteiger charge is -2.14. The molecule has 0 atom stereocenters. The molecule has 1 N–H and O–H groups in total. The van der Waals surface area contributed by atoms with Crippen LogP contribution >= 0.6 is 0 Å². The average Bonchev–Trinajstić information content (AvgIpc) is 3.00. The summed E-state index contributed by atoms with van der Waals surface area (Å²) < 4.78 is 37.9. The molecule has 0 aliphatic rings. The second-order valence-corrected chi connectivity index (χ2v) is 6.32. The first kappa shape index (κ1) is 17.9. The Kier molecular flexibility index (Phi) is 5.21. The molecule has 2 aromatic carbocycles. The number of halogens is 2. The molecule has 0 unspecified atom stereocenters. The summed E-state index contributed by atoms with van der Waals surface area (Å²) in [6.07, 6.45) is 3.55. The Morgan fingerprint density at radius 1 is 1.15 bits per heavy atom. The maximum Gasteiger partial charge on any atom is 0.168 e. The fourth-order valence-corrected chi connectivity index (χ4v) is 2.50. The highest BCUT2D eigenvalue weighted by molar-refractivity contribution is 5.80. The summed E-state index contributed by atoms with van der Waals surface area (Å²) in [7, 11) is 1.59. The Labute approximate surface area is 150 Å². The number of H-pyrrole nitrogens is 1. The van der Waals surface area contributed by atoms with Gasteiger partial charge in [0.25, 0.3) is 0 Å². The lowest BCUT2D eigenvalue weighted by molar-refractivity contribution is 0.256. The zero-order valence-electron chi connectivity index (χ0n) is 14.8. The van der Waals surface area contributed by atoms with Crippen LogP contribution < -0.4 is 9.47 Å². The predicted octanol–water partition coefficient (Wildman–Crippen LogP) is 5.05. The SMILES string of the molecule is COc1cccc(/C=C/c2nc3cc(F)c(F)cc3[nH]2)c1OCC(C)C. The molecule has 0 fully saturated rings. The molecule has 0 aliphatic carbocycles. The number of nitrogens with zero attached hydrogens (tertiary/aromatic N) is 1. The summed E-state index contributed by atoms with van der Waals surface area (Å²) in [6, 6.07) is 7.76. The van der Waals surface area contributed by atoms with Crippen LogP contribution in [-0.2, 0) is 0 Å². The summed E-state index contributed by atoms with van der Waals surface area (Å²) in [6.45, 7) is 4.69. The molecule has 0 radical (unpaired) electrons. The van der Waals surface area contributed by atoms with E-state index >= 15 is 0 Å². The van der Waals surface area contributed by atoms with Gasteiger partial charge in [0.2, 0.25) is 0 Å². The molecule has 1 heterocycles. The minimum absolute atomic E-state index is 0.366. The molecule has 136 valence electrons. The largest absolute Gasteiger partial charge is 0.493 e. The van der Waals surface area contributed by atoms with Crippen molar-refractivity contribution in [1.29, 1.82) is 0 Å². The van der Waals surface area contributed by atoms with E-state index in [1.165, 1.54) is 0 Å². The van der Waals surface area contributed by atoms with Crippen molar-refractivity contribution in [2.24, 2.45) is 5.92 Å². The Morgan fingerprint density at radius 3 is 2.65 bits per heavy atom. The van der Waals surface area contributed by atoms with Crippen LogP contribution in [0.4, 0.5) is 8.78 Å². The quantitative estimate of drug-likeness (QED) is 0.670. The third-order valence-corrected chi connectivity index (χ3v) is 3.75. The van der Waals surface area contributed by atoms with Gasteiger partial charge in [-0.25, -0.2) is 13.8 Å². The van der Waals surface area contributed by atoms with Crippen molar-refractivity contribution < 1.29 is 18.3 Å². The third-order valence-electron chi connectivity index (χ3n) is 3.75. The normalized spacial score (nSPS) is 11.6. The van der Waals surface area contributed by atoms with E-state index < -0.39 is 11.6 Å². The van der Waals surface area contributed by atoms with E-state index in [9.17, 15) is 8.78 Å². The molecule has 6 heteroatoms. The highest BCUT2D eigenvalue weighted by Crippen LogP contribution is 2.32. The van der Waals surface area contributed by atoms with Gasteiger partial charge in [-0.2, -0.15) is 0 Å². The lowest BCUT2D eigenvalue weighted by Crippen LogP contribution is -2.06. The van der Waals surface area contributed by atoms with Gasteiger partial charge in [-0.1, -0.05) is 26.0 Å². The number of imidazole rings is 1. The molecule has 3 aromatic rings. The molecule has 0 aliphatic heterocycles. The zero-order valence-corrected chi connectivity index (χ0v) is 14.8. The second kappa shape index (κ2) is 7.56. The van der Waals surface area contributed by atoms with Gasteiger partial charge in [0.05, 0.1) is 24.8 Å². The van der Waals surface area contributed by atoms with E-state index in [0.717, 1.165) is 17.7 Å². The van der Waals surface area contributed by atoms with Crippen molar-refractivity contribution in [1.82, 2.24) is 9.97 Å². The number of hydrogen-bond acceptors (Lipinski definition) is 3. The van der Waals surface area contributed by atoms with E-state index in [1.807, 2.05) is 24.3 Å². The first-order valence-electron chi connectivity index (χ1n) is 8.30. The van der Waals surface area contributed by atoms with Gasteiger partial charge in [-0.05, 0) is 24.1 Å². The Morgan fingerprint density at radius 2 is 1.92 bits per heavy atom. The fraction of sp³-hybridized carbons (Fsp3) is 0.250. The number of fused-ring (bicyclic) bond motifs is 1. The van der Waals surface area contributed by atoms with Crippen molar-refractivity contribution in [3.63, 3.8) is 0 Å². The number of ether oxygens (including phenoxy) is 2. The minimum atomic E-state index is -0.920. The smallest absolute Gasteiger partial charge is 0.168 e. The molecule has 1 aromatic heterocycles. The molecule has 0 bridgehead atoms. The summed E-state index contributed by atoms with van der Waals surface area (Å²) in [5.74, 6) is 0.319. The van der Waals surface area contributed by atoms with Gasteiger partial charge < -0.3 is 14.5 Å². The number of benzene rings is 2. The van der Waals surface area contributed by atoms with Crippen LogP contribution in [0.1, 0.15) is 25.2 Å². The van der Waals surface area contributed by atoms with E-state index in [2.05, 4.69) is 23.8 Å². The van der Waals surface area contributed by atoms with Crippen LogP contribution in [0, 0.1) is 17.6 Å². The van der Waals surface area contributed by atoms with Crippen LogP contribution in [0.15, 0.2) is 30.3 Å². The predicted molar refractivity (Wildman–Crippen MR) is 98.3 cm³/mol. The van der Waals surface area contributed by atoms with Crippen LogP contribution in [0.5, 0.6) is 11.5 Å². The monoisotopic (exact) mass is 358 g/mol. The summed E-state index contributed by atoms with van der Waals surface area (Å²) >= 11 is 0. The zero-order chi connectivity index (χ0) is 18.7. The molecule has 4 nitrogen and oxygen atoms in total. The topological polar surface area (TPSA) is 47.1 Å². The number of methoxy groups -OCH3 is 1. The van der Waals surface area contributed by atoms with Crippen molar-refractivity contribution in [3.05, 3.63) is 53.4 Å². The maximum atomic E-state index is 13.3. The Bertz CT molecular complexity index is 909. The molecular formula is C20H20F2N2O2. The van der Waals surface area contributed by atoms with E-state index in [-0.39, 0.29) is 0 Å². The van der Waals surface area contributed by atoms with Crippen molar-refractivity contribution in [3.8, 4) is 11.5 Å². The number of nitrogens with one attached hydrogen (secondary N) is 1. The first-order valence-corrected chi connectivity index (χ1v) is 8.30. The van der Waals surface area contributed by atoms with Gasteiger partial charge in [-0.3, -0.25) is 0 Å². The van der Waals surface area contributed by atoms with Crippen molar-refractivity contribution in [2.45, 2.75) is 13.8 Å². The first-order chi connectivity index (χ1) is 12.5. The summed E-state index contributed by atoms with van der Waals surface area (Å²) in [4.78, 5) is 7.21. The van der Waals surface area contributed by atoms with Gasteiger partial charge in [-0.15, -0.1) is 0 Å². The molecule has 0 saturated carbocycles. The van der Waals surface area contributed by atoms with Crippen LogP contribution in [0.3, 0.4) is 0 Å². The van der Waals surface area contributed by atoms with Crippen molar-refractivity contribution >= 4 is 23.2 Å². The van der Waals surface area contributed by atoms with Crippen LogP contribution in [-0.4, -0.2) is 23.7 Å². The van der Waals surface area contributed by atoms with Crippen molar-refractivity contribution in [2.75, 3.05) is 13.7 Å². The van der Waals surface area contributed by atoms with E-state index in [1.54, 1.807) is 13.2 Å².